The van der Waals surface area contributed by atoms with E-state index in [4.69, 9.17) is 4.74 Å². The number of ether oxygens (including phenoxy) is 1. The fourth-order valence-corrected chi connectivity index (χ4v) is 4.81. The summed E-state index contributed by atoms with van der Waals surface area (Å²) in [5.74, 6) is -0.601. The van der Waals surface area contributed by atoms with E-state index in [0.717, 1.165) is 36.6 Å². The van der Waals surface area contributed by atoms with Crippen molar-refractivity contribution in [3.63, 3.8) is 0 Å². The van der Waals surface area contributed by atoms with E-state index >= 15 is 0 Å². The van der Waals surface area contributed by atoms with E-state index in [-0.39, 0.29) is 36.3 Å². The van der Waals surface area contributed by atoms with Gasteiger partial charge in [-0.25, -0.2) is 4.98 Å². The van der Waals surface area contributed by atoms with Gasteiger partial charge in [0.2, 0.25) is 11.8 Å². The van der Waals surface area contributed by atoms with Crippen LogP contribution in [0.3, 0.4) is 0 Å². The molecule has 0 bridgehead atoms. The van der Waals surface area contributed by atoms with Gasteiger partial charge in [-0.05, 0) is 25.0 Å². The second-order valence-electron chi connectivity index (χ2n) is 8.45. The van der Waals surface area contributed by atoms with Crippen LogP contribution >= 0.6 is 0 Å². The summed E-state index contributed by atoms with van der Waals surface area (Å²) in [4.78, 5) is 47.0. The molecule has 0 spiro atoms. The average molecular weight is 439 g/mol. The van der Waals surface area contributed by atoms with E-state index in [0.29, 0.717) is 31.9 Å². The van der Waals surface area contributed by atoms with E-state index in [1.54, 1.807) is 15.9 Å². The minimum atomic E-state index is -0.214. The number of benzene rings is 1. The molecule has 32 heavy (non-hydrogen) atoms. The Labute approximate surface area is 187 Å². The van der Waals surface area contributed by atoms with Gasteiger partial charge in [0.05, 0.1) is 11.4 Å². The normalized spacial score (nSPS) is 22.2. The van der Waals surface area contributed by atoms with Gasteiger partial charge in [-0.1, -0.05) is 37.1 Å². The molecule has 170 valence electrons. The molecular formula is C24H30N4O4. The van der Waals surface area contributed by atoms with Gasteiger partial charge >= 0.3 is 0 Å². The molecule has 0 radical (unpaired) electrons. The summed E-state index contributed by atoms with van der Waals surface area (Å²) in [6, 6.07) is 11.1. The molecule has 2 aromatic rings. The Morgan fingerprint density at radius 2 is 1.91 bits per heavy atom. The Kier molecular flexibility index (Phi) is 6.99. The second kappa shape index (κ2) is 10.1. The topological polar surface area (TPSA) is 91.8 Å². The summed E-state index contributed by atoms with van der Waals surface area (Å²) >= 11 is 0. The fourth-order valence-electron chi connectivity index (χ4n) is 4.81. The van der Waals surface area contributed by atoms with Gasteiger partial charge in [-0.15, -0.1) is 0 Å². The molecule has 1 N–H and O–H groups in total. The van der Waals surface area contributed by atoms with Crippen molar-refractivity contribution in [1.82, 2.24) is 20.1 Å². The first-order chi connectivity index (χ1) is 15.6. The summed E-state index contributed by atoms with van der Waals surface area (Å²) in [7, 11) is 1.49. The van der Waals surface area contributed by atoms with Crippen molar-refractivity contribution in [2.45, 2.75) is 31.7 Å². The molecule has 2 fully saturated rings. The highest BCUT2D eigenvalue weighted by atomic mass is 16.5. The van der Waals surface area contributed by atoms with Crippen molar-refractivity contribution in [3.8, 4) is 0 Å². The van der Waals surface area contributed by atoms with Crippen LogP contribution in [0.4, 0.5) is 0 Å². The monoisotopic (exact) mass is 438 g/mol. The average Bonchev–Trinajstić information content (AvgIpc) is 2.82. The van der Waals surface area contributed by atoms with Gasteiger partial charge in [0.1, 0.15) is 12.3 Å². The third-order valence-corrected chi connectivity index (χ3v) is 6.45. The predicted octanol–water partition coefficient (Wildman–Crippen LogP) is 1.84. The molecule has 1 aromatic heterocycles. The molecule has 3 amide bonds. The number of carbonyl (C=O) groups excluding carboxylic acids is 3. The first-order valence-corrected chi connectivity index (χ1v) is 11.3. The van der Waals surface area contributed by atoms with Crippen LogP contribution in [-0.4, -0.2) is 78.4 Å². The summed E-state index contributed by atoms with van der Waals surface area (Å²) in [6.45, 7) is 1.46. The first kappa shape index (κ1) is 22.2. The Morgan fingerprint density at radius 3 is 2.75 bits per heavy atom. The Balaban J connectivity index is 1.58. The van der Waals surface area contributed by atoms with Crippen molar-refractivity contribution in [1.29, 1.82) is 0 Å². The van der Waals surface area contributed by atoms with Crippen LogP contribution in [0.25, 0.3) is 10.9 Å². The molecule has 4 rings (SSSR count). The Bertz CT molecular complexity index is 995. The summed E-state index contributed by atoms with van der Waals surface area (Å²) in [6.07, 6.45) is 3.53. The quantitative estimate of drug-likeness (QED) is 0.790. The van der Waals surface area contributed by atoms with Gasteiger partial charge in [0.15, 0.2) is 0 Å². The van der Waals surface area contributed by atoms with Crippen molar-refractivity contribution in [2.24, 2.45) is 5.92 Å². The molecule has 8 nitrogen and oxygen atoms in total. The highest BCUT2D eigenvalue weighted by molar-refractivity contribution is 5.95. The number of methoxy groups -OCH3 is 1. The van der Waals surface area contributed by atoms with Crippen LogP contribution in [0.15, 0.2) is 36.4 Å². The maximum absolute atomic E-state index is 13.3. The van der Waals surface area contributed by atoms with Crippen LogP contribution in [0.5, 0.6) is 0 Å². The van der Waals surface area contributed by atoms with E-state index in [2.05, 4.69) is 10.3 Å². The maximum atomic E-state index is 13.3. The van der Waals surface area contributed by atoms with E-state index in [1.807, 2.05) is 30.3 Å². The molecule has 1 aromatic carbocycles. The van der Waals surface area contributed by atoms with Gasteiger partial charge < -0.3 is 19.9 Å². The van der Waals surface area contributed by atoms with Crippen LogP contribution in [-0.2, 0) is 14.3 Å². The summed E-state index contributed by atoms with van der Waals surface area (Å²) < 4.78 is 5.09. The third kappa shape index (κ3) is 4.75. The van der Waals surface area contributed by atoms with Crippen LogP contribution < -0.4 is 5.32 Å². The maximum Gasteiger partial charge on any atom is 0.272 e. The molecule has 0 unspecified atom stereocenters. The zero-order valence-electron chi connectivity index (χ0n) is 18.5. The van der Waals surface area contributed by atoms with Gasteiger partial charge in [0.25, 0.3) is 5.91 Å². The van der Waals surface area contributed by atoms with E-state index in [1.165, 1.54) is 7.11 Å². The zero-order valence-corrected chi connectivity index (χ0v) is 18.5. The molecular weight excluding hydrogens is 408 g/mol. The second-order valence-corrected chi connectivity index (χ2v) is 8.45. The first-order valence-electron chi connectivity index (χ1n) is 11.3. The number of pyridine rings is 1. The SMILES string of the molecule is COCC(=O)N1CCN(C(=O)c2ccc3ccccc3n2)CCNC(=O)[C@H]2CCCC[C@H]21. The molecule has 1 saturated heterocycles. The van der Waals surface area contributed by atoms with Crippen LogP contribution in [0, 0.1) is 5.92 Å². The van der Waals surface area contributed by atoms with Crippen molar-refractivity contribution < 1.29 is 19.1 Å². The molecule has 8 heteroatoms. The third-order valence-electron chi connectivity index (χ3n) is 6.45. The number of hydrogen-bond acceptors (Lipinski definition) is 5. The lowest BCUT2D eigenvalue weighted by Crippen LogP contribution is -2.56. The summed E-state index contributed by atoms with van der Waals surface area (Å²) in [5.41, 5.74) is 1.12. The number of nitrogens with one attached hydrogen (secondary N) is 1. The lowest BCUT2D eigenvalue weighted by Gasteiger charge is -2.41. The van der Waals surface area contributed by atoms with Crippen molar-refractivity contribution in [2.75, 3.05) is 39.9 Å². The number of aromatic nitrogens is 1. The molecule has 2 aliphatic rings. The number of hydrogen-bond donors (Lipinski definition) is 1. The zero-order chi connectivity index (χ0) is 22.5. The smallest absolute Gasteiger partial charge is 0.272 e. The molecule has 2 heterocycles. The number of carbonyl (C=O) groups is 3. The number of nitrogens with zero attached hydrogens (tertiary/aromatic N) is 3. The number of amides is 3. The molecule has 1 aliphatic carbocycles. The number of rotatable bonds is 3. The van der Waals surface area contributed by atoms with Gasteiger partial charge in [0, 0.05) is 44.7 Å². The summed E-state index contributed by atoms with van der Waals surface area (Å²) in [5, 5.41) is 3.96. The van der Waals surface area contributed by atoms with E-state index in [9.17, 15) is 14.4 Å². The number of para-hydroxylation sites is 1. The molecule has 1 saturated carbocycles. The van der Waals surface area contributed by atoms with Crippen molar-refractivity contribution in [3.05, 3.63) is 42.1 Å². The van der Waals surface area contributed by atoms with Gasteiger partial charge in [-0.2, -0.15) is 0 Å². The predicted molar refractivity (Wildman–Crippen MR) is 120 cm³/mol. The fraction of sp³-hybridized carbons (Fsp3) is 0.500. The Hall–Kier alpha value is -3.00. The van der Waals surface area contributed by atoms with E-state index < -0.39 is 0 Å². The standard InChI is InChI=1S/C24H30N4O4/c1-32-16-22(29)28-15-14-27(13-12-25-23(30)18-7-3-5-9-21(18)28)24(31)20-11-10-17-6-2-4-8-19(17)26-20/h2,4,6,8,10-11,18,21H,3,5,7,9,12-16H2,1H3,(H,25,30)/t18-,21+/m0/s1. The van der Waals surface area contributed by atoms with Crippen molar-refractivity contribution >= 4 is 28.6 Å². The largest absolute Gasteiger partial charge is 0.375 e. The van der Waals surface area contributed by atoms with Crippen LogP contribution in [0.2, 0.25) is 0 Å². The molecule has 2 atom stereocenters. The highest BCUT2D eigenvalue weighted by Crippen LogP contribution is 2.29. The number of fused-ring (bicyclic) bond motifs is 2. The minimum absolute atomic E-state index is 0.0367. The lowest BCUT2D eigenvalue weighted by molar-refractivity contribution is -0.142. The highest BCUT2D eigenvalue weighted by Gasteiger charge is 2.37. The van der Waals surface area contributed by atoms with Crippen LogP contribution in [0.1, 0.15) is 36.2 Å². The van der Waals surface area contributed by atoms with Gasteiger partial charge in [-0.3, -0.25) is 14.4 Å². The molecule has 1 aliphatic heterocycles. The minimum Gasteiger partial charge on any atom is -0.375 e. The lowest BCUT2D eigenvalue weighted by atomic mass is 9.82. The Morgan fingerprint density at radius 1 is 1.09 bits per heavy atom.